The van der Waals surface area contributed by atoms with Crippen LogP contribution in [0.1, 0.15) is 12.5 Å². The first kappa shape index (κ1) is 13.9. The van der Waals surface area contributed by atoms with Crippen LogP contribution >= 0.6 is 0 Å². The molecule has 2 aromatic carbocycles. The highest BCUT2D eigenvalue weighted by Crippen LogP contribution is 2.13. The predicted molar refractivity (Wildman–Crippen MR) is 84.4 cm³/mol. The van der Waals surface area contributed by atoms with Crippen LogP contribution < -0.4 is 10.2 Å². The molecule has 0 fully saturated rings. The fourth-order valence-corrected chi connectivity index (χ4v) is 1.59. The summed E-state index contributed by atoms with van der Waals surface area (Å²) in [6.45, 7) is 6.28. The van der Waals surface area contributed by atoms with Gasteiger partial charge in [0.1, 0.15) is 12.4 Å². The van der Waals surface area contributed by atoms with Gasteiger partial charge in [-0.1, -0.05) is 36.9 Å². The molecule has 2 rings (SSSR count). The molecule has 2 aromatic rings. The molecule has 102 valence electrons. The highest BCUT2D eigenvalue weighted by atomic mass is 16.5. The topological polar surface area (TPSA) is 33.6 Å². The molecule has 0 unspecified atom stereocenters. The number of rotatable bonds is 6. The lowest BCUT2D eigenvalue weighted by molar-refractivity contribution is 0.352. The van der Waals surface area contributed by atoms with Gasteiger partial charge in [-0.15, -0.1) is 0 Å². The van der Waals surface area contributed by atoms with E-state index in [1.807, 2.05) is 61.5 Å². The Balaban J connectivity index is 1.95. The number of ether oxygens (including phenoxy) is 1. The van der Waals surface area contributed by atoms with Gasteiger partial charge in [-0.05, 0) is 42.3 Å². The number of benzene rings is 2. The Morgan fingerprint density at radius 1 is 1.20 bits per heavy atom. The number of anilines is 1. The van der Waals surface area contributed by atoms with E-state index in [0.717, 1.165) is 22.6 Å². The quantitative estimate of drug-likeness (QED) is 0.485. The van der Waals surface area contributed by atoms with Crippen LogP contribution in [0.15, 0.2) is 71.9 Å². The Morgan fingerprint density at radius 2 is 2.00 bits per heavy atom. The molecule has 0 aliphatic carbocycles. The lowest BCUT2D eigenvalue weighted by Gasteiger charge is -2.06. The molecule has 1 N–H and O–H groups in total. The van der Waals surface area contributed by atoms with E-state index >= 15 is 0 Å². The van der Waals surface area contributed by atoms with Crippen molar-refractivity contribution >= 4 is 11.9 Å². The van der Waals surface area contributed by atoms with Crippen LogP contribution in [0, 0.1) is 0 Å². The fraction of sp³-hybridized carbons (Fsp3) is 0.118. The largest absolute Gasteiger partial charge is 0.489 e. The zero-order chi connectivity index (χ0) is 14.2. The smallest absolute Gasteiger partial charge is 0.120 e. The number of hydrogen-bond donors (Lipinski definition) is 1. The van der Waals surface area contributed by atoms with Gasteiger partial charge in [-0.2, -0.15) is 5.10 Å². The molecule has 0 radical (unpaired) electrons. The zero-order valence-corrected chi connectivity index (χ0v) is 11.5. The lowest BCUT2D eigenvalue weighted by atomic mass is 10.2. The third kappa shape index (κ3) is 4.61. The normalized spacial score (nSPS) is 10.4. The number of nitrogens with zero attached hydrogens (tertiary/aromatic N) is 1. The third-order valence-corrected chi connectivity index (χ3v) is 2.52. The van der Waals surface area contributed by atoms with Crippen LogP contribution in [-0.2, 0) is 0 Å². The molecule has 0 aliphatic heterocycles. The van der Waals surface area contributed by atoms with E-state index in [1.165, 1.54) is 0 Å². The van der Waals surface area contributed by atoms with Crippen LogP contribution in [0.5, 0.6) is 5.75 Å². The molecular formula is C17H18N2O. The van der Waals surface area contributed by atoms with E-state index in [-0.39, 0.29) is 0 Å². The van der Waals surface area contributed by atoms with Gasteiger partial charge in [0.15, 0.2) is 0 Å². The summed E-state index contributed by atoms with van der Waals surface area (Å²) in [6.07, 6.45) is 1.76. The predicted octanol–water partition coefficient (Wildman–Crippen LogP) is 4.09. The van der Waals surface area contributed by atoms with Crippen molar-refractivity contribution in [3.8, 4) is 5.75 Å². The molecule has 0 atom stereocenters. The average molecular weight is 266 g/mol. The third-order valence-electron chi connectivity index (χ3n) is 2.52. The number of hydrazone groups is 1. The molecule has 3 nitrogen and oxygen atoms in total. The van der Waals surface area contributed by atoms with Gasteiger partial charge in [0.25, 0.3) is 0 Å². The Morgan fingerprint density at radius 3 is 2.75 bits per heavy atom. The summed E-state index contributed by atoms with van der Waals surface area (Å²) in [5, 5.41) is 4.20. The van der Waals surface area contributed by atoms with Crippen molar-refractivity contribution in [2.24, 2.45) is 5.10 Å². The average Bonchev–Trinajstić information content (AvgIpc) is 2.47. The second kappa shape index (κ2) is 7.14. The van der Waals surface area contributed by atoms with Gasteiger partial charge in [-0.3, -0.25) is 5.43 Å². The standard InChI is InChI=1S/C17H18N2O/c1-14(2)13-20-17-10-6-7-15(11-17)12-18-19-16-8-4-3-5-9-16/h3-12,19H,1,13H2,2H3. The molecule has 0 spiro atoms. The molecule has 3 heteroatoms. The molecule has 20 heavy (non-hydrogen) atoms. The van der Waals surface area contributed by atoms with Gasteiger partial charge in [-0.25, -0.2) is 0 Å². The molecule has 0 amide bonds. The molecule has 0 aromatic heterocycles. The molecule has 0 bridgehead atoms. The summed E-state index contributed by atoms with van der Waals surface area (Å²) in [5.74, 6) is 0.816. The second-order valence-electron chi connectivity index (χ2n) is 4.55. The molecule has 0 heterocycles. The van der Waals surface area contributed by atoms with Crippen LogP contribution in [0.4, 0.5) is 5.69 Å². The van der Waals surface area contributed by atoms with Crippen LogP contribution in [-0.4, -0.2) is 12.8 Å². The van der Waals surface area contributed by atoms with E-state index in [2.05, 4.69) is 17.1 Å². The maximum atomic E-state index is 5.59. The fourth-order valence-electron chi connectivity index (χ4n) is 1.59. The van der Waals surface area contributed by atoms with Crippen molar-refractivity contribution in [1.82, 2.24) is 0 Å². The maximum Gasteiger partial charge on any atom is 0.120 e. The van der Waals surface area contributed by atoms with Gasteiger partial charge < -0.3 is 4.74 Å². The highest BCUT2D eigenvalue weighted by molar-refractivity contribution is 5.80. The Hall–Kier alpha value is -2.55. The first-order valence-electron chi connectivity index (χ1n) is 6.45. The van der Waals surface area contributed by atoms with Gasteiger partial charge in [0, 0.05) is 0 Å². The summed E-state index contributed by atoms with van der Waals surface area (Å²) in [4.78, 5) is 0. The van der Waals surface area contributed by atoms with Gasteiger partial charge >= 0.3 is 0 Å². The van der Waals surface area contributed by atoms with Gasteiger partial charge in [0.05, 0.1) is 11.9 Å². The lowest BCUT2D eigenvalue weighted by Crippen LogP contribution is -1.98. The molecule has 0 aliphatic rings. The van der Waals surface area contributed by atoms with Crippen molar-refractivity contribution in [2.75, 3.05) is 12.0 Å². The van der Waals surface area contributed by atoms with E-state index in [0.29, 0.717) is 6.61 Å². The Kier molecular flexibility index (Phi) is 4.95. The maximum absolute atomic E-state index is 5.59. The van der Waals surface area contributed by atoms with E-state index in [4.69, 9.17) is 4.74 Å². The number of hydrogen-bond acceptors (Lipinski definition) is 3. The van der Waals surface area contributed by atoms with E-state index < -0.39 is 0 Å². The summed E-state index contributed by atoms with van der Waals surface area (Å²) >= 11 is 0. The minimum atomic E-state index is 0.531. The summed E-state index contributed by atoms with van der Waals surface area (Å²) in [6, 6.07) is 17.6. The monoisotopic (exact) mass is 266 g/mol. The minimum Gasteiger partial charge on any atom is -0.489 e. The van der Waals surface area contributed by atoms with Crippen LogP contribution in [0.2, 0.25) is 0 Å². The molecule has 0 saturated heterocycles. The molecular weight excluding hydrogens is 248 g/mol. The van der Waals surface area contributed by atoms with Crippen molar-refractivity contribution in [1.29, 1.82) is 0 Å². The van der Waals surface area contributed by atoms with Crippen LogP contribution in [0.3, 0.4) is 0 Å². The summed E-state index contributed by atoms with van der Waals surface area (Å²) < 4.78 is 5.59. The van der Waals surface area contributed by atoms with Crippen LogP contribution in [0.25, 0.3) is 0 Å². The molecule has 0 saturated carbocycles. The summed E-state index contributed by atoms with van der Waals surface area (Å²) in [5.41, 5.74) is 5.91. The van der Waals surface area contributed by atoms with E-state index in [1.54, 1.807) is 6.21 Å². The van der Waals surface area contributed by atoms with Crippen molar-refractivity contribution < 1.29 is 4.74 Å². The second-order valence-corrected chi connectivity index (χ2v) is 4.55. The van der Waals surface area contributed by atoms with Crippen molar-refractivity contribution in [3.63, 3.8) is 0 Å². The zero-order valence-electron chi connectivity index (χ0n) is 11.5. The first-order valence-corrected chi connectivity index (χ1v) is 6.45. The Bertz CT molecular complexity index is 591. The first-order chi connectivity index (χ1) is 9.74. The van der Waals surface area contributed by atoms with Crippen molar-refractivity contribution in [3.05, 3.63) is 72.3 Å². The minimum absolute atomic E-state index is 0.531. The van der Waals surface area contributed by atoms with E-state index in [9.17, 15) is 0 Å². The number of para-hydroxylation sites is 1. The van der Waals surface area contributed by atoms with Crippen molar-refractivity contribution in [2.45, 2.75) is 6.92 Å². The highest BCUT2D eigenvalue weighted by Gasteiger charge is 1.95. The van der Waals surface area contributed by atoms with Gasteiger partial charge in [0.2, 0.25) is 0 Å². The number of nitrogens with one attached hydrogen (secondary N) is 1. The Labute approximate surface area is 119 Å². The SMILES string of the molecule is C=C(C)COc1cccc(C=NNc2ccccc2)c1. The summed E-state index contributed by atoms with van der Waals surface area (Å²) in [7, 11) is 0.